The molecule has 0 fully saturated rings. The average molecular weight is 493 g/mol. The molecule has 4 aromatic rings. The molecular weight excluding hydrogens is 467 g/mol. The number of carbonyl (C=O) groups is 1. The van der Waals surface area contributed by atoms with E-state index in [9.17, 15) is 9.18 Å². The maximum absolute atomic E-state index is 13.1. The van der Waals surface area contributed by atoms with Gasteiger partial charge in [0.25, 0.3) is 5.91 Å². The van der Waals surface area contributed by atoms with Crippen molar-refractivity contribution in [2.45, 2.75) is 24.1 Å². The summed E-state index contributed by atoms with van der Waals surface area (Å²) >= 11 is 1.48. The van der Waals surface area contributed by atoms with Crippen molar-refractivity contribution in [3.8, 4) is 11.4 Å². The number of ether oxygens (including phenoxy) is 2. The van der Waals surface area contributed by atoms with E-state index in [1.165, 1.54) is 23.9 Å². The maximum atomic E-state index is 13.1. The number of aromatic nitrogens is 3. The molecule has 1 N–H and O–H groups in total. The molecule has 3 aromatic carbocycles. The van der Waals surface area contributed by atoms with Crippen molar-refractivity contribution < 1.29 is 18.7 Å². The van der Waals surface area contributed by atoms with E-state index >= 15 is 0 Å². The third-order valence-electron chi connectivity index (χ3n) is 5.29. The van der Waals surface area contributed by atoms with Crippen molar-refractivity contribution in [1.82, 2.24) is 20.1 Å². The van der Waals surface area contributed by atoms with Crippen LogP contribution in [0.25, 0.3) is 5.69 Å². The Labute approximate surface area is 207 Å². The van der Waals surface area contributed by atoms with Crippen LogP contribution in [0.5, 0.6) is 5.75 Å². The zero-order valence-corrected chi connectivity index (χ0v) is 20.2. The number of carbonyl (C=O) groups excluding carboxylic acids is 1. The standard InChI is InChI=1S/C26H25FN4O3S/c1-33-16-24-29-30-26(31(24)21-11-13-22(34-2)14-12-21)35-17-19-5-3-4-6-23(19)25(32)28-15-18-7-9-20(27)10-8-18/h3-14H,15-17H2,1-2H3,(H,28,32). The number of amides is 1. The molecule has 0 aliphatic heterocycles. The number of hydrogen-bond donors (Lipinski definition) is 1. The third kappa shape index (κ3) is 6.06. The van der Waals surface area contributed by atoms with Crippen molar-refractivity contribution in [3.63, 3.8) is 0 Å². The van der Waals surface area contributed by atoms with Gasteiger partial charge in [-0.25, -0.2) is 4.39 Å². The lowest BCUT2D eigenvalue weighted by atomic mass is 10.1. The fourth-order valence-corrected chi connectivity index (χ4v) is 4.47. The zero-order chi connectivity index (χ0) is 24.6. The number of nitrogens with zero attached hydrogens (tertiary/aromatic N) is 3. The molecule has 1 heterocycles. The molecule has 7 nitrogen and oxygen atoms in total. The summed E-state index contributed by atoms with van der Waals surface area (Å²) in [6.45, 7) is 0.620. The number of nitrogens with one attached hydrogen (secondary N) is 1. The highest BCUT2D eigenvalue weighted by Gasteiger charge is 2.17. The van der Waals surface area contributed by atoms with Gasteiger partial charge in [-0.05, 0) is 53.6 Å². The van der Waals surface area contributed by atoms with E-state index < -0.39 is 0 Å². The lowest BCUT2D eigenvalue weighted by Crippen LogP contribution is -2.23. The third-order valence-corrected chi connectivity index (χ3v) is 6.27. The Hall–Kier alpha value is -3.69. The van der Waals surface area contributed by atoms with Gasteiger partial charge < -0.3 is 14.8 Å². The Kier molecular flexibility index (Phi) is 8.12. The fraction of sp³-hybridized carbons (Fsp3) is 0.192. The first-order chi connectivity index (χ1) is 17.1. The molecule has 0 saturated carbocycles. The maximum Gasteiger partial charge on any atom is 0.251 e. The molecule has 35 heavy (non-hydrogen) atoms. The van der Waals surface area contributed by atoms with E-state index in [2.05, 4.69) is 15.5 Å². The minimum Gasteiger partial charge on any atom is -0.497 e. The van der Waals surface area contributed by atoms with Crippen LogP contribution in [-0.4, -0.2) is 34.9 Å². The normalized spacial score (nSPS) is 10.8. The van der Waals surface area contributed by atoms with E-state index in [4.69, 9.17) is 9.47 Å². The summed E-state index contributed by atoms with van der Waals surface area (Å²) in [6, 6.07) is 21.1. The number of hydrogen-bond acceptors (Lipinski definition) is 6. The summed E-state index contributed by atoms with van der Waals surface area (Å²) < 4.78 is 25.6. The molecule has 4 rings (SSSR count). The van der Waals surface area contributed by atoms with Crippen LogP contribution >= 0.6 is 11.8 Å². The van der Waals surface area contributed by atoms with Gasteiger partial charge in [0.1, 0.15) is 18.2 Å². The largest absolute Gasteiger partial charge is 0.497 e. The summed E-state index contributed by atoms with van der Waals surface area (Å²) in [6.07, 6.45) is 0. The zero-order valence-electron chi connectivity index (χ0n) is 19.4. The highest BCUT2D eigenvalue weighted by molar-refractivity contribution is 7.98. The van der Waals surface area contributed by atoms with Crippen LogP contribution in [0.1, 0.15) is 27.3 Å². The summed E-state index contributed by atoms with van der Waals surface area (Å²) in [4.78, 5) is 12.9. The SMILES string of the molecule is COCc1nnc(SCc2ccccc2C(=O)NCc2ccc(F)cc2)n1-c1ccc(OC)cc1. The van der Waals surface area contributed by atoms with Gasteiger partial charge in [0, 0.05) is 30.7 Å². The number of benzene rings is 3. The van der Waals surface area contributed by atoms with E-state index in [0.29, 0.717) is 35.4 Å². The van der Waals surface area contributed by atoms with E-state index in [-0.39, 0.29) is 11.7 Å². The Balaban J connectivity index is 1.51. The lowest BCUT2D eigenvalue weighted by molar-refractivity contribution is 0.0950. The lowest BCUT2D eigenvalue weighted by Gasteiger charge is -2.12. The van der Waals surface area contributed by atoms with Crippen LogP contribution in [0.4, 0.5) is 4.39 Å². The predicted molar refractivity (Wildman–Crippen MR) is 132 cm³/mol. The second-order valence-corrected chi connectivity index (χ2v) is 8.56. The molecular formula is C26H25FN4O3S. The molecule has 9 heteroatoms. The fourth-order valence-electron chi connectivity index (χ4n) is 3.50. The first-order valence-corrected chi connectivity index (χ1v) is 11.9. The number of methoxy groups -OCH3 is 2. The van der Waals surface area contributed by atoms with Crippen LogP contribution < -0.4 is 10.1 Å². The summed E-state index contributed by atoms with van der Waals surface area (Å²) in [5, 5.41) is 12.2. The second kappa shape index (κ2) is 11.6. The molecule has 1 aromatic heterocycles. The summed E-state index contributed by atoms with van der Waals surface area (Å²) in [7, 11) is 3.24. The Morgan fingerprint density at radius 3 is 2.46 bits per heavy atom. The van der Waals surface area contributed by atoms with E-state index in [1.807, 2.05) is 47.0 Å². The average Bonchev–Trinajstić information content (AvgIpc) is 3.29. The smallest absolute Gasteiger partial charge is 0.251 e. The van der Waals surface area contributed by atoms with Gasteiger partial charge in [0.05, 0.1) is 7.11 Å². The molecule has 1 amide bonds. The molecule has 0 atom stereocenters. The summed E-state index contributed by atoms with van der Waals surface area (Å²) in [5.74, 6) is 1.44. The quantitative estimate of drug-likeness (QED) is 0.321. The van der Waals surface area contributed by atoms with Gasteiger partial charge in [-0.3, -0.25) is 9.36 Å². The topological polar surface area (TPSA) is 78.3 Å². The van der Waals surface area contributed by atoms with Gasteiger partial charge in [0.2, 0.25) is 0 Å². The first kappa shape index (κ1) is 24.4. The minimum absolute atomic E-state index is 0.192. The highest BCUT2D eigenvalue weighted by atomic mass is 32.2. The Morgan fingerprint density at radius 1 is 1.00 bits per heavy atom. The van der Waals surface area contributed by atoms with Crippen LogP contribution in [-0.2, 0) is 23.6 Å². The van der Waals surface area contributed by atoms with Gasteiger partial charge in [-0.2, -0.15) is 0 Å². The summed E-state index contributed by atoms with van der Waals surface area (Å²) in [5.41, 5.74) is 3.15. The minimum atomic E-state index is -0.307. The van der Waals surface area contributed by atoms with Crippen LogP contribution in [0.3, 0.4) is 0 Å². The van der Waals surface area contributed by atoms with E-state index in [0.717, 1.165) is 22.6 Å². The second-order valence-electron chi connectivity index (χ2n) is 7.62. The monoisotopic (exact) mass is 492 g/mol. The number of halogens is 1. The van der Waals surface area contributed by atoms with Crippen molar-refractivity contribution in [2.75, 3.05) is 14.2 Å². The molecule has 0 bridgehead atoms. The molecule has 0 aliphatic carbocycles. The molecule has 0 spiro atoms. The van der Waals surface area contributed by atoms with Gasteiger partial charge >= 0.3 is 0 Å². The predicted octanol–water partition coefficient (Wildman–Crippen LogP) is 4.78. The Morgan fingerprint density at radius 2 is 1.74 bits per heavy atom. The highest BCUT2D eigenvalue weighted by Crippen LogP contribution is 2.28. The van der Waals surface area contributed by atoms with Crippen molar-refractivity contribution in [2.24, 2.45) is 0 Å². The molecule has 0 unspecified atom stereocenters. The van der Waals surface area contributed by atoms with Crippen LogP contribution in [0, 0.1) is 5.82 Å². The number of thioether (sulfide) groups is 1. The van der Waals surface area contributed by atoms with Crippen molar-refractivity contribution >= 4 is 17.7 Å². The van der Waals surface area contributed by atoms with Crippen LogP contribution in [0.15, 0.2) is 78.0 Å². The van der Waals surface area contributed by atoms with Gasteiger partial charge in [0.15, 0.2) is 11.0 Å². The molecule has 0 saturated heterocycles. The van der Waals surface area contributed by atoms with Gasteiger partial charge in [-0.1, -0.05) is 42.1 Å². The van der Waals surface area contributed by atoms with Crippen molar-refractivity contribution in [3.05, 3.63) is 101 Å². The Bertz CT molecular complexity index is 1280. The van der Waals surface area contributed by atoms with Gasteiger partial charge in [-0.15, -0.1) is 10.2 Å². The van der Waals surface area contributed by atoms with Crippen LogP contribution in [0.2, 0.25) is 0 Å². The van der Waals surface area contributed by atoms with Crippen molar-refractivity contribution in [1.29, 1.82) is 0 Å². The first-order valence-electron chi connectivity index (χ1n) is 10.9. The van der Waals surface area contributed by atoms with E-state index in [1.54, 1.807) is 32.4 Å². The molecule has 0 aliphatic rings. The molecule has 180 valence electrons. The molecule has 0 radical (unpaired) electrons. The number of rotatable bonds is 10.